The monoisotopic (exact) mass is 344 g/mol. The van der Waals surface area contributed by atoms with E-state index >= 15 is 0 Å². The van der Waals surface area contributed by atoms with Gasteiger partial charge in [0.15, 0.2) is 5.82 Å². The van der Waals surface area contributed by atoms with Gasteiger partial charge in [-0.2, -0.15) is 5.10 Å². The van der Waals surface area contributed by atoms with Gasteiger partial charge < -0.3 is 10.4 Å². The molecule has 1 fully saturated rings. The molecule has 1 aliphatic heterocycles. The molecule has 1 aromatic heterocycles. The standard InChI is InChI=1S/C18H24N4O3/c1-3-11(2)15(10-23)19-18(25)12-8-16(24)22(9-12)17-13-6-4-5-7-14(13)20-21-17/h4-7,11-12,15,23H,3,8-10H2,1-2H3,(H,19,25)(H,20,21)/t11-,12-,15-/m1/s1. The van der Waals surface area contributed by atoms with E-state index in [-0.39, 0.29) is 36.8 Å². The van der Waals surface area contributed by atoms with Crippen LogP contribution >= 0.6 is 0 Å². The Morgan fingerprint density at radius 2 is 2.24 bits per heavy atom. The van der Waals surface area contributed by atoms with Gasteiger partial charge in [0.2, 0.25) is 11.8 Å². The van der Waals surface area contributed by atoms with Crippen LogP contribution in [0, 0.1) is 11.8 Å². The Balaban J connectivity index is 1.73. The third kappa shape index (κ3) is 3.37. The van der Waals surface area contributed by atoms with Crippen LogP contribution in [0.1, 0.15) is 26.7 Å². The van der Waals surface area contributed by atoms with Gasteiger partial charge >= 0.3 is 0 Å². The van der Waals surface area contributed by atoms with Crippen LogP contribution in [0.4, 0.5) is 5.82 Å². The van der Waals surface area contributed by atoms with E-state index in [1.165, 1.54) is 0 Å². The molecule has 2 amide bonds. The molecule has 1 aromatic carbocycles. The normalized spacial score (nSPS) is 20.0. The van der Waals surface area contributed by atoms with Crippen molar-refractivity contribution in [2.45, 2.75) is 32.7 Å². The van der Waals surface area contributed by atoms with E-state index in [9.17, 15) is 14.7 Å². The van der Waals surface area contributed by atoms with E-state index in [1.54, 1.807) is 4.90 Å². The van der Waals surface area contributed by atoms with Crippen molar-refractivity contribution < 1.29 is 14.7 Å². The number of benzene rings is 1. The number of nitrogens with one attached hydrogen (secondary N) is 2. The van der Waals surface area contributed by atoms with Gasteiger partial charge in [-0.15, -0.1) is 0 Å². The highest BCUT2D eigenvalue weighted by molar-refractivity contribution is 6.05. The second kappa shape index (κ2) is 7.23. The zero-order valence-electron chi connectivity index (χ0n) is 14.5. The average molecular weight is 344 g/mol. The molecule has 134 valence electrons. The number of H-pyrrole nitrogens is 1. The van der Waals surface area contributed by atoms with E-state index in [4.69, 9.17) is 0 Å². The van der Waals surface area contributed by atoms with E-state index in [2.05, 4.69) is 15.5 Å². The van der Waals surface area contributed by atoms with Crippen molar-refractivity contribution in [2.75, 3.05) is 18.1 Å². The molecule has 0 spiro atoms. The van der Waals surface area contributed by atoms with Crippen LogP contribution in [0.2, 0.25) is 0 Å². The molecule has 0 bridgehead atoms. The maximum absolute atomic E-state index is 12.5. The predicted molar refractivity (Wildman–Crippen MR) is 95.0 cm³/mol. The number of aliphatic hydroxyl groups is 1. The van der Waals surface area contributed by atoms with Crippen LogP contribution in [-0.4, -0.2) is 46.3 Å². The van der Waals surface area contributed by atoms with Gasteiger partial charge in [-0.1, -0.05) is 32.4 Å². The number of hydrogen-bond acceptors (Lipinski definition) is 4. The Morgan fingerprint density at radius 1 is 1.48 bits per heavy atom. The van der Waals surface area contributed by atoms with Crippen molar-refractivity contribution in [3.63, 3.8) is 0 Å². The van der Waals surface area contributed by atoms with Crippen molar-refractivity contribution >= 4 is 28.5 Å². The summed E-state index contributed by atoms with van der Waals surface area (Å²) in [6, 6.07) is 7.31. The molecule has 3 atom stereocenters. The van der Waals surface area contributed by atoms with Crippen molar-refractivity contribution in [3.8, 4) is 0 Å². The summed E-state index contributed by atoms with van der Waals surface area (Å²) in [7, 11) is 0. The van der Waals surface area contributed by atoms with E-state index in [1.807, 2.05) is 38.1 Å². The summed E-state index contributed by atoms with van der Waals surface area (Å²) in [4.78, 5) is 26.5. The Labute approximate surface area is 146 Å². The maximum Gasteiger partial charge on any atom is 0.229 e. The Kier molecular flexibility index (Phi) is 5.03. The minimum absolute atomic E-state index is 0.102. The summed E-state index contributed by atoms with van der Waals surface area (Å²) in [6.45, 7) is 4.21. The van der Waals surface area contributed by atoms with Crippen LogP contribution in [-0.2, 0) is 9.59 Å². The highest BCUT2D eigenvalue weighted by Gasteiger charge is 2.37. The fraction of sp³-hybridized carbons (Fsp3) is 0.500. The van der Waals surface area contributed by atoms with Crippen LogP contribution in [0.3, 0.4) is 0 Å². The van der Waals surface area contributed by atoms with E-state index in [0.29, 0.717) is 12.4 Å². The number of aromatic nitrogens is 2. The van der Waals surface area contributed by atoms with Gasteiger partial charge in [-0.25, -0.2) is 0 Å². The second-order valence-corrected chi connectivity index (χ2v) is 6.68. The molecule has 3 N–H and O–H groups in total. The minimum Gasteiger partial charge on any atom is -0.394 e. The van der Waals surface area contributed by atoms with Gasteiger partial charge in [0.1, 0.15) is 0 Å². The topological polar surface area (TPSA) is 98.3 Å². The van der Waals surface area contributed by atoms with Crippen LogP contribution in [0.15, 0.2) is 24.3 Å². The Morgan fingerprint density at radius 3 is 2.96 bits per heavy atom. The molecule has 0 saturated carbocycles. The first-order valence-corrected chi connectivity index (χ1v) is 8.69. The molecule has 1 saturated heterocycles. The van der Waals surface area contributed by atoms with Gasteiger partial charge in [-0.3, -0.25) is 19.6 Å². The minimum atomic E-state index is -0.430. The number of nitrogens with zero attached hydrogens (tertiary/aromatic N) is 2. The van der Waals surface area contributed by atoms with E-state index in [0.717, 1.165) is 17.3 Å². The molecule has 25 heavy (non-hydrogen) atoms. The summed E-state index contributed by atoms with van der Waals surface area (Å²) >= 11 is 0. The summed E-state index contributed by atoms with van der Waals surface area (Å²) in [5.74, 6) is 0.0200. The number of amides is 2. The number of aliphatic hydroxyl groups excluding tert-OH is 1. The Bertz CT molecular complexity index is 773. The van der Waals surface area contributed by atoms with Gasteiger partial charge in [0, 0.05) is 18.4 Å². The third-order valence-corrected chi connectivity index (χ3v) is 5.06. The molecular weight excluding hydrogens is 320 g/mol. The Hall–Kier alpha value is -2.41. The van der Waals surface area contributed by atoms with Gasteiger partial charge in [-0.05, 0) is 18.1 Å². The fourth-order valence-corrected chi connectivity index (χ4v) is 3.20. The molecule has 0 aliphatic carbocycles. The quantitative estimate of drug-likeness (QED) is 0.738. The molecule has 1 aliphatic rings. The summed E-state index contributed by atoms with van der Waals surface area (Å²) in [5.41, 5.74) is 0.857. The first kappa shape index (κ1) is 17.4. The molecule has 7 nitrogen and oxygen atoms in total. The van der Waals surface area contributed by atoms with E-state index < -0.39 is 5.92 Å². The number of aromatic amines is 1. The summed E-state index contributed by atoms with van der Waals surface area (Å²) < 4.78 is 0. The number of rotatable bonds is 6. The second-order valence-electron chi connectivity index (χ2n) is 6.68. The van der Waals surface area contributed by atoms with Crippen molar-refractivity contribution in [1.82, 2.24) is 15.5 Å². The highest BCUT2D eigenvalue weighted by atomic mass is 16.3. The smallest absolute Gasteiger partial charge is 0.229 e. The summed E-state index contributed by atoms with van der Waals surface area (Å²) in [5, 5.41) is 20.4. The number of fused-ring (bicyclic) bond motifs is 1. The molecule has 2 heterocycles. The van der Waals surface area contributed by atoms with Gasteiger partial charge in [0.05, 0.1) is 24.1 Å². The lowest BCUT2D eigenvalue weighted by molar-refractivity contribution is -0.127. The third-order valence-electron chi connectivity index (χ3n) is 5.06. The highest BCUT2D eigenvalue weighted by Crippen LogP contribution is 2.29. The largest absolute Gasteiger partial charge is 0.394 e. The number of hydrogen-bond donors (Lipinski definition) is 3. The fourth-order valence-electron chi connectivity index (χ4n) is 3.20. The number of carbonyl (C=O) groups excluding carboxylic acids is 2. The zero-order valence-corrected chi connectivity index (χ0v) is 14.5. The first-order chi connectivity index (χ1) is 12.0. The number of anilines is 1. The maximum atomic E-state index is 12.5. The lowest BCUT2D eigenvalue weighted by Gasteiger charge is -2.23. The number of carbonyl (C=O) groups is 2. The van der Waals surface area contributed by atoms with Crippen molar-refractivity contribution in [2.24, 2.45) is 11.8 Å². The molecular formula is C18H24N4O3. The SMILES string of the molecule is CC[C@@H](C)[C@@H](CO)NC(=O)[C@@H]1CC(=O)N(c2n[nH]c3ccccc23)C1. The van der Waals surface area contributed by atoms with Crippen LogP contribution in [0.25, 0.3) is 10.9 Å². The molecule has 0 radical (unpaired) electrons. The molecule has 7 heteroatoms. The summed E-state index contributed by atoms with van der Waals surface area (Å²) in [6.07, 6.45) is 1.02. The zero-order chi connectivity index (χ0) is 18.0. The predicted octanol–water partition coefficient (Wildman–Crippen LogP) is 1.44. The number of para-hydroxylation sites is 1. The first-order valence-electron chi connectivity index (χ1n) is 8.69. The average Bonchev–Trinajstić information content (AvgIpc) is 3.22. The van der Waals surface area contributed by atoms with Crippen molar-refractivity contribution in [3.05, 3.63) is 24.3 Å². The lowest BCUT2D eigenvalue weighted by atomic mass is 9.98. The van der Waals surface area contributed by atoms with Crippen LogP contribution in [0.5, 0.6) is 0 Å². The van der Waals surface area contributed by atoms with Gasteiger partial charge in [0.25, 0.3) is 0 Å². The van der Waals surface area contributed by atoms with Crippen LogP contribution < -0.4 is 10.2 Å². The molecule has 2 aromatic rings. The van der Waals surface area contributed by atoms with Crippen molar-refractivity contribution in [1.29, 1.82) is 0 Å². The molecule has 3 rings (SSSR count). The lowest BCUT2D eigenvalue weighted by Crippen LogP contribution is -2.45. The molecule has 0 unspecified atom stereocenters.